The normalized spacial score (nSPS) is 17.6. The SMILES string of the molecule is CCOC(=O)N(Cc1ccccc1)[C@@H]1C[C@H](C)N(C(=O)C(F)(F)F)c2cc(OC)c(OC)cc21. The minimum atomic E-state index is -5.07. The predicted octanol–water partition coefficient (Wildman–Crippen LogP) is 5.09. The molecule has 3 rings (SSSR count). The summed E-state index contributed by atoms with van der Waals surface area (Å²) in [5, 5.41) is 0. The molecule has 0 saturated heterocycles. The van der Waals surface area contributed by atoms with Crippen molar-refractivity contribution in [2.24, 2.45) is 0 Å². The number of alkyl halides is 3. The summed E-state index contributed by atoms with van der Waals surface area (Å²) in [6, 6.07) is 10.5. The third-order valence-electron chi connectivity index (χ3n) is 5.69. The number of methoxy groups -OCH3 is 2. The van der Waals surface area contributed by atoms with Gasteiger partial charge in [0.05, 0.1) is 32.6 Å². The Kier molecular flexibility index (Phi) is 7.58. The number of benzene rings is 2. The van der Waals surface area contributed by atoms with Crippen LogP contribution in [0.2, 0.25) is 0 Å². The van der Waals surface area contributed by atoms with Crippen LogP contribution in [0.1, 0.15) is 37.4 Å². The van der Waals surface area contributed by atoms with Crippen LogP contribution in [0.15, 0.2) is 42.5 Å². The summed E-state index contributed by atoms with van der Waals surface area (Å²) >= 11 is 0. The molecule has 2 atom stereocenters. The van der Waals surface area contributed by atoms with E-state index in [-0.39, 0.29) is 36.8 Å². The lowest BCUT2D eigenvalue weighted by Gasteiger charge is -2.43. The van der Waals surface area contributed by atoms with E-state index in [9.17, 15) is 22.8 Å². The van der Waals surface area contributed by atoms with Crippen LogP contribution in [0, 0.1) is 0 Å². The molecule has 1 aliphatic rings. The molecule has 0 spiro atoms. The number of amides is 2. The Hall–Kier alpha value is -3.43. The highest BCUT2D eigenvalue weighted by Gasteiger charge is 2.48. The Morgan fingerprint density at radius 3 is 2.26 bits per heavy atom. The molecule has 0 bridgehead atoms. The van der Waals surface area contributed by atoms with Crippen LogP contribution < -0.4 is 14.4 Å². The second-order valence-corrected chi connectivity index (χ2v) is 7.85. The molecule has 0 aliphatic carbocycles. The van der Waals surface area contributed by atoms with Crippen molar-refractivity contribution in [3.8, 4) is 11.5 Å². The summed E-state index contributed by atoms with van der Waals surface area (Å²) in [6.45, 7) is 3.48. The van der Waals surface area contributed by atoms with Gasteiger partial charge in [0.25, 0.3) is 0 Å². The molecule has 1 heterocycles. The molecule has 34 heavy (non-hydrogen) atoms. The molecular formula is C24H27F3N2O5. The van der Waals surface area contributed by atoms with Crippen molar-refractivity contribution in [2.75, 3.05) is 25.7 Å². The molecule has 0 saturated carbocycles. The summed E-state index contributed by atoms with van der Waals surface area (Å²) in [5.74, 6) is -1.55. The number of fused-ring (bicyclic) bond motifs is 1. The number of ether oxygens (including phenoxy) is 3. The Morgan fingerprint density at radius 1 is 1.09 bits per heavy atom. The molecule has 0 fully saturated rings. The second-order valence-electron chi connectivity index (χ2n) is 7.85. The third kappa shape index (κ3) is 5.05. The maximum atomic E-state index is 13.5. The molecule has 0 radical (unpaired) electrons. The maximum Gasteiger partial charge on any atom is 0.471 e. The monoisotopic (exact) mass is 480 g/mol. The smallest absolute Gasteiger partial charge is 0.471 e. The van der Waals surface area contributed by atoms with E-state index in [2.05, 4.69) is 0 Å². The summed E-state index contributed by atoms with van der Waals surface area (Å²) in [5.41, 5.74) is 1.16. The molecule has 184 valence electrons. The van der Waals surface area contributed by atoms with E-state index in [0.29, 0.717) is 10.5 Å². The van der Waals surface area contributed by atoms with Crippen LogP contribution in [-0.4, -0.2) is 49.9 Å². The van der Waals surface area contributed by atoms with Crippen LogP contribution in [0.3, 0.4) is 0 Å². The van der Waals surface area contributed by atoms with Crippen LogP contribution in [-0.2, 0) is 16.1 Å². The highest BCUT2D eigenvalue weighted by atomic mass is 19.4. The van der Waals surface area contributed by atoms with E-state index in [1.165, 1.54) is 38.2 Å². The topological polar surface area (TPSA) is 68.3 Å². The molecular weight excluding hydrogens is 453 g/mol. The van der Waals surface area contributed by atoms with Crippen molar-refractivity contribution >= 4 is 17.7 Å². The molecule has 2 aromatic rings. The van der Waals surface area contributed by atoms with E-state index in [1.807, 2.05) is 30.3 Å². The van der Waals surface area contributed by atoms with Crippen LogP contribution in [0.25, 0.3) is 0 Å². The van der Waals surface area contributed by atoms with Crippen molar-refractivity contribution in [3.05, 3.63) is 53.6 Å². The average Bonchev–Trinajstić information content (AvgIpc) is 2.81. The van der Waals surface area contributed by atoms with Crippen LogP contribution in [0.4, 0.5) is 23.7 Å². The van der Waals surface area contributed by atoms with Gasteiger partial charge in [-0.05, 0) is 31.9 Å². The van der Waals surface area contributed by atoms with Gasteiger partial charge in [-0.3, -0.25) is 9.69 Å². The quantitative estimate of drug-likeness (QED) is 0.576. The largest absolute Gasteiger partial charge is 0.493 e. The molecule has 0 unspecified atom stereocenters. The first kappa shape index (κ1) is 25.2. The number of rotatable bonds is 6. The van der Waals surface area contributed by atoms with E-state index >= 15 is 0 Å². The summed E-state index contributed by atoms with van der Waals surface area (Å²) in [7, 11) is 2.75. The third-order valence-corrected chi connectivity index (χ3v) is 5.69. The zero-order valence-electron chi connectivity index (χ0n) is 19.4. The van der Waals surface area contributed by atoms with Gasteiger partial charge in [-0.15, -0.1) is 0 Å². The van der Waals surface area contributed by atoms with E-state index in [1.54, 1.807) is 6.92 Å². The Labute approximate surface area is 196 Å². The van der Waals surface area contributed by atoms with Gasteiger partial charge in [-0.2, -0.15) is 13.2 Å². The second kappa shape index (κ2) is 10.2. The molecule has 10 heteroatoms. The lowest BCUT2D eigenvalue weighted by molar-refractivity contribution is -0.171. The lowest BCUT2D eigenvalue weighted by atomic mass is 9.89. The van der Waals surface area contributed by atoms with Crippen molar-refractivity contribution in [2.45, 2.75) is 45.1 Å². The molecule has 0 aromatic heterocycles. The standard InChI is InChI=1S/C24H27F3N2O5/c1-5-34-23(31)28(14-16-9-7-6-8-10-16)18-11-15(2)29(22(30)24(25,26)27)19-13-21(33-4)20(32-3)12-17(18)19/h6-10,12-13,15,18H,5,11,14H2,1-4H3/t15-,18+/m0/s1. The number of anilines is 1. The average molecular weight is 480 g/mol. The number of carbonyl (C=O) groups excluding carboxylic acids is 2. The minimum Gasteiger partial charge on any atom is -0.493 e. The van der Waals surface area contributed by atoms with Crippen LogP contribution in [0.5, 0.6) is 11.5 Å². The number of hydrogen-bond donors (Lipinski definition) is 0. The van der Waals surface area contributed by atoms with Crippen LogP contribution >= 0.6 is 0 Å². The number of hydrogen-bond acceptors (Lipinski definition) is 5. The maximum absolute atomic E-state index is 13.5. The molecule has 2 aromatic carbocycles. The Balaban J connectivity index is 2.18. The molecule has 0 N–H and O–H groups in total. The molecule has 2 amide bonds. The number of halogens is 3. The van der Waals surface area contributed by atoms with E-state index in [4.69, 9.17) is 14.2 Å². The van der Waals surface area contributed by atoms with Crippen molar-refractivity contribution in [1.29, 1.82) is 0 Å². The van der Waals surface area contributed by atoms with Gasteiger partial charge in [0.1, 0.15) is 0 Å². The summed E-state index contributed by atoms with van der Waals surface area (Å²) < 4.78 is 56.3. The molecule has 7 nitrogen and oxygen atoms in total. The summed E-state index contributed by atoms with van der Waals surface area (Å²) in [4.78, 5) is 27.6. The van der Waals surface area contributed by atoms with Gasteiger partial charge in [0.15, 0.2) is 11.5 Å². The lowest BCUT2D eigenvalue weighted by Crippen LogP contribution is -2.51. The minimum absolute atomic E-state index is 0.00563. The first-order valence-corrected chi connectivity index (χ1v) is 10.8. The first-order valence-electron chi connectivity index (χ1n) is 10.8. The molecule has 1 aliphatic heterocycles. The van der Waals surface area contributed by atoms with Crippen molar-refractivity contribution < 1.29 is 37.0 Å². The van der Waals surface area contributed by atoms with Gasteiger partial charge in [0, 0.05) is 24.2 Å². The fourth-order valence-electron chi connectivity index (χ4n) is 4.18. The van der Waals surface area contributed by atoms with Gasteiger partial charge in [0.2, 0.25) is 0 Å². The van der Waals surface area contributed by atoms with Gasteiger partial charge in [-0.1, -0.05) is 30.3 Å². The van der Waals surface area contributed by atoms with E-state index in [0.717, 1.165) is 5.56 Å². The number of carbonyl (C=O) groups is 2. The van der Waals surface area contributed by atoms with Crippen molar-refractivity contribution in [1.82, 2.24) is 4.90 Å². The van der Waals surface area contributed by atoms with E-state index < -0.39 is 30.3 Å². The Bertz CT molecular complexity index is 1030. The first-order chi connectivity index (χ1) is 16.1. The van der Waals surface area contributed by atoms with Gasteiger partial charge in [-0.25, -0.2) is 4.79 Å². The summed E-state index contributed by atoms with van der Waals surface area (Å²) in [6.07, 6.45) is -5.62. The fraction of sp³-hybridized carbons (Fsp3) is 0.417. The fourth-order valence-corrected chi connectivity index (χ4v) is 4.18. The highest BCUT2D eigenvalue weighted by Crippen LogP contribution is 2.47. The number of nitrogens with zero attached hydrogens (tertiary/aromatic N) is 2. The predicted molar refractivity (Wildman–Crippen MR) is 119 cm³/mol. The zero-order chi connectivity index (χ0) is 25.0. The Morgan fingerprint density at radius 2 is 1.71 bits per heavy atom. The van der Waals surface area contributed by atoms with Gasteiger partial charge >= 0.3 is 18.2 Å². The van der Waals surface area contributed by atoms with Crippen molar-refractivity contribution in [3.63, 3.8) is 0 Å². The van der Waals surface area contributed by atoms with Gasteiger partial charge < -0.3 is 19.1 Å². The zero-order valence-corrected chi connectivity index (χ0v) is 19.4. The highest BCUT2D eigenvalue weighted by molar-refractivity contribution is 5.99.